The SMILES string of the molecule is OCCC=Cc1ccc(Br)c(Cl)c1. The van der Waals surface area contributed by atoms with E-state index in [0.29, 0.717) is 11.4 Å². The third-order valence-corrected chi connectivity index (χ3v) is 2.78. The number of hydrogen-bond donors (Lipinski definition) is 1. The minimum Gasteiger partial charge on any atom is -0.396 e. The summed E-state index contributed by atoms with van der Waals surface area (Å²) in [6, 6.07) is 5.74. The lowest BCUT2D eigenvalue weighted by molar-refractivity contribution is 0.303. The van der Waals surface area contributed by atoms with Gasteiger partial charge in [-0.25, -0.2) is 0 Å². The first-order valence-corrected chi connectivity index (χ1v) is 5.13. The van der Waals surface area contributed by atoms with Crippen molar-refractivity contribution in [1.82, 2.24) is 0 Å². The second-order valence-electron chi connectivity index (χ2n) is 2.59. The van der Waals surface area contributed by atoms with Crippen molar-refractivity contribution in [2.75, 3.05) is 6.61 Å². The van der Waals surface area contributed by atoms with E-state index in [0.717, 1.165) is 10.0 Å². The number of rotatable bonds is 3. The molecule has 0 spiro atoms. The summed E-state index contributed by atoms with van der Waals surface area (Å²) in [5, 5.41) is 9.26. The van der Waals surface area contributed by atoms with Gasteiger partial charge < -0.3 is 5.11 Å². The number of aliphatic hydroxyl groups is 1. The second kappa shape index (κ2) is 5.43. The van der Waals surface area contributed by atoms with Crippen molar-refractivity contribution in [3.05, 3.63) is 39.3 Å². The summed E-state index contributed by atoms with van der Waals surface area (Å²) in [7, 11) is 0. The number of benzene rings is 1. The van der Waals surface area contributed by atoms with E-state index in [-0.39, 0.29) is 6.61 Å². The van der Waals surface area contributed by atoms with Crippen LogP contribution in [0.25, 0.3) is 6.08 Å². The Labute approximate surface area is 91.2 Å². The van der Waals surface area contributed by atoms with Gasteiger partial charge in [0, 0.05) is 11.1 Å². The Balaban J connectivity index is 2.73. The molecule has 0 saturated heterocycles. The maximum Gasteiger partial charge on any atom is 0.0554 e. The summed E-state index contributed by atoms with van der Waals surface area (Å²) in [5.41, 5.74) is 1.04. The number of hydrogen-bond acceptors (Lipinski definition) is 1. The molecule has 0 aliphatic heterocycles. The molecule has 0 fully saturated rings. The third-order valence-electron chi connectivity index (χ3n) is 1.55. The van der Waals surface area contributed by atoms with Crippen molar-refractivity contribution >= 4 is 33.6 Å². The van der Waals surface area contributed by atoms with Crippen LogP contribution < -0.4 is 0 Å². The van der Waals surface area contributed by atoms with Crippen LogP contribution >= 0.6 is 27.5 Å². The largest absolute Gasteiger partial charge is 0.396 e. The fourth-order valence-corrected chi connectivity index (χ4v) is 1.35. The van der Waals surface area contributed by atoms with Crippen LogP contribution in [0.15, 0.2) is 28.7 Å². The molecule has 70 valence electrons. The molecule has 1 aromatic carbocycles. The fraction of sp³-hybridized carbons (Fsp3) is 0.200. The Morgan fingerprint density at radius 1 is 1.46 bits per heavy atom. The van der Waals surface area contributed by atoms with Crippen molar-refractivity contribution in [3.63, 3.8) is 0 Å². The van der Waals surface area contributed by atoms with Crippen molar-refractivity contribution in [3.8, 4) is 0 Å². The Bertz CT molecular complexity index is 310. The fourth-order valence-electron chi connectivity index (χ4n) is 0.910. The second-order valence-corrected chi connectivity index (χ2v) is 3.85. The Kier molecular flexibility index (Phi) is 4.50. The van der Waals surface area contributed by atoms with E-state index >= 15 is 0 Å². The zero-order valence-corrected chi connectivity index (χ0v) is 9.35. The molecule has 1 aromatic rings. The maximum atomic E-state index is 8.56. The van der Waals surface area contributed by atoms with Gasteiger partial charge in [0.25, 0.3) is 0 Å². The van der Waals surface area contributed by atoms with Crippen molar-refractivity contribution in [2.45, 2.75) is 6.42 Å². The maximum absolute atomic E-state index is 8.56. The molecule has 0 atom stereocenters. The van der Waals surface area contributed by atoms with Crippen molar-refractivity contribution < 1.29 is 5.11 Å². The lowest BCUT2D eigenvalue weighted by Crippen LogP contribution is -1.77. The Morgan fingerprint density at radius 3 is 2.85 bits per heavy atom. The van der Waals surface area contributed by atoms with E-state index in [9.17, 15) is 0 Å². The zero-order valence-electron chi connectivity index (χ0n) is 7.00. The summed E-state index contributed by atoms with van der Waals surface area (Å²) in [5.74, 6) is 0. The van der Waals surface area contributed by atoms with Gasteiger partial charge in [-0.2, -0.15) is 0 Å². The first-order valence-electron chi connectivity index (χ1n) is 3.96. The molecule has 0 amide bonds. The van der Waals surface area contributed by atoms with Crippen LogP contribution in [-0.4, -0.2) is 11.7 Å². The number of halogens is 2. The van der Waals surface area contributed by atoms with Gasteiger partial charge in [0.2, 0.25) is 0 Å². The number of aliphatic hydroxyl groups excluding tert-OH is 1. The van der Waals surface area contributed by atoms with E-state index in [2.05, 4.69) is 15.9 Å². The van der Waals surface area contributed by atoms with Gasteiger partial charge in [-0.05, 0) is 40.0 Å². The van der Waals surface area contributed by atoms with E-state index in [1.165, 1.54) is 0 Å². The van der Waals surface area contributed by atoms with Crippen LogP contribution in [0, 0.1) is 0 Å². The molecule has 0 unspecified atom stereocenters. The smallest absolute Gasteiger partial charge is 0.0554 e. The van der Waals surface area contributed by atoms with Crippen LogP contribution in [0.2, 0.25) is 5.02 Å². The van der Waals surface area contributed by atoms with Crippen molar-refractivity contribution in [2.24, 2.45) is 0 Å². The molecule has 0 heterocycles. The molecule has 1 N–H and O–H groups in total. The van der Waals surface area contributed by atoms with E-state index in [1.807, 2.05) is 30.4 Å². The first kappa shape index (κ1) is 10.8. The molecule has 13 heavy (non-hydrogen) atoms. The molecule has 0 aromatic heterocycles. The molecule has 1 rings (SSSR count). The lowest BCUT2D eigenvalue weighted by Gasteiger charge is -1.97. The normalized spacial score (nSPS) is 11.0. The van der Waals surface area contributed by atoms with Crippen LogP contribution in [0.5, 0.6) is 0 Å². The third kappa shape index (κ3) is 3.51. The summed E-state index contributed by atoms with van der Waals surface area (Å²) >= 11 is 9.21. The summed E-state index contributed by atoms with van der Waals surface area (Å²) in [6.07, 6.45) is 4.53. The van der Waals surface area contributed by atoms with Gasteiger partial charge in [-0.15, -0.1) is 0 Å². The lowest BCUT2D eigenvalue weighted by atomic mass is 10.2. The van der Waals surface area contributed by atoms with Crippen molar-refractivity contribution in [1.29, 1.82) is 0 Å². The van der Waals surface area contributed by atoms with Crippen LogP contribution in [0.1, 0.15) is 12.0 Å². The summed E-state index contributed by atoms with van der Waals surface area (Å²) in [6.45, 7) is 0.181. The summed E-state index contributed by atoms with van der Waals surface area (Å²) in [4.78, 5) is 0. The molecule has 0 saturated carbocycles. The molecule has 1 nitrogen and oxygen atoms in total. The quantitative estimate of drug-likeness (QED) is 0.883. The minimum absolute atomic E-state index is 0.181. The summed E-state index contributed by atoms with van der Waals surface area (Å²) < 4.78 is 0.897. The molecule has 0 aliphatic carbocycles. The minimum atomic E-state index is 0.181. The predicted octanol–water partition coefficient (Wildman–Crippen LogP) is 3.50. The standard InChI is InChI=1S/C10H10BrClO/c11-9-5-4-8(7-10(9)12)3-1-2-6-13/h1,3-5,7,13H,2,6H2. The van der Waals surface area contributed by atoms with Crippen LogP contribution in [0.4, 0.5) is 0 Å². The highest BCUT2D eigenvalue weighted by Crippen LogP contribution is 2.23. The predicted molar refractivity (Wildman–Crippen MR) is 59.9 cm³/mol. The van der Waals surface area contributed by atoms with Crippen LogP contribution in [-0.2, 0) is 0 Å². The van der Waals surface area contributed by atoms with E-state index in [1.54, 1.807) is 0 Å². The molecular formula is C10H10BrClO. The van der Waals surface area contributed by atoms with Gasteiger partial charge in [0.05, 0.1) is 5.02 Å². The molecule has 3 heteroatoms. The van der Waals surface area contributed by atoms with E-state index < -0.39 is 0 Å². The monoisotopic (exact) mass is 260 g/mol. The highest BCUT2D eigenvalue weighted by atomic mass is 79.9. The van der Waals surface area contributed by atoms with Gasteiger partial charge in [-0.3, -0.25) is 0 Å². The molecule has 0 bridgehead atoms. The molecule has 0 aliphatic rings. The van der Waals surface area contributed by atoms with Gasteiger partial charge in [0.1, 0.15) is 0 Å². The molecular weight excluding hydrogens is 251 g/mol. The van der Waals surface area contributed by atoms with E-state index in [4.69, 9.17) is 16.7 Å². The molecule has 0 radical (unpaired) electrons. The zero-order chi connectivity index (χ0) is 9.68. The Hall–Kier alpha value is -0.310. The highest BCUT2D eigenvalue weighted by molar-refractivity contribution is 9.10. The first-order chi connectivity index (χ1) is 6.24. The van der Waals surface area contributed by atoms with Crippen LogP contribution in [0.3, 0.4) is 0 Å². The average molecular weight is 262 g/mol. The highest BCUT2D eigenvalue weighted by Gasteiger charge is 1.95. The van der Waals surface area contributed by atoms with Gasteiger partial charge >= 0.3 is 0 Å². The van der Waals surface area contributed by atoms with Gasteiger partial charge in [0.15, 0.2) is 0 Å². The average Bonchev–Trinajstić information content (AvgIpc) is 2.12. The Morgan fingerprint density at radius 2 is 2.23 bits per heavy atom. The van der Waals surface area contributed by atoms with Gasteiger partial charge in [-0.1, -0.05) is 29.8 Å². The topological polar surface area (TPSA) is 20.2 Å².